The van der Waals surface area contributed by atoms with Crippen molar-refractivity contribution < 1.29 is 9.72 Å². The Kier molecular flexibility index (Phi) is 4.91. The number of hydrogen-bond acceptors (Lipinski definition) is 3. The van der Waals surface area contributed by atoms with E-state index in [1.54, 1.807) is 30.3 Å². The van der Waals surface area contributed by atoms with Crippen LogP contribution in [0.15, 0.2) is 78.9 Å². The molecule has 3 aromatic rings. The fourth-order valence-electron chi connectivity index (χ4n) is 2.76. The third-order valence-electron chi connectivity index (χ3n) is 3.95. The summed E-state index contributed by atoms with van der Waals surface area (Å²) in [5, 5.41) is 11.3. The van der Waals surface area contributed by atoms with Gasteiger partial charge in [-0.3, -0.25) is 14.9 Å². The Morgan fingerprint density at radius 3 is 2.08 bits per heavy atom. The van der Waals surface area contributed by atoms with Crippen molar-refractivity contribution in [2.45, 2.75) is 5.92 Å². The lowest BCUT2D eigenvalue weighted by molar-refractivity contribution is -0.384. The molecule has 0 fully saturated rings. The van der Waals surface area contributed by atoms with Crippen LogP contribution in [0, 0.1) is 10.1 Å². The molecule has 0 aliphatic heterocycles. The van der Waals surface area contributed by atoms with Gasteiger partial charge in [0.05, 0.1) is 10.8 Å². The molecule has 0 amide bonds. The zero-order valence-electron chi connectivity index (χ0n) is 13.1. The average molecular weight is 352 g/mol. The van der Waals surface area contributed by atoms with Gasteiger partial charge in [-0.1, -0.05) is 78.3 Å². The molecule has 0 N–H and O–H groups in total. The standard InChI is InChI=1S/C20H14ClNO3/c21-17-12-11-16(13-18(17)22(24)25)19(14-7-3-1-4-8-14)20(23)15-9-5-2-6-10-15/h1-13,19H. The predicted octanol–water partition coefficient (Wildman–Crippen LogP) is 5.26. The maximum atomic E-state index is 13.1. The van der Waals surface area contributed by atoms with Crippen molar-refractivity contribution in [3.8, 4) is 0 Å². The van der Waals surface area contributed by atoms with Gasteiger partial charge in [-0.05, 0) is 17.2 Å². The molecule has 0 saturated heterocycles. The molecule has 3 aromatic carbocycles. The summed E-state index contributed by atoms with van der Waals surface area (Å²) >= 11 is 5.91. The molecule has 5 heteroatoms. The van der Waals surface area contributed by atoms with Crippen molar-refractivity contribution >= 4 is 23.1 Å². The number of halogens is 1. The fourth-order valence-corrected chi connectivity index (χ4v) is 2.95. The molecule has 1 unspecified atom stereocenters. The quantitative estimate of drug-likeness (QED) is 0.357. The van der Waals surface area contributed by atoms with Crippen LogP contribution in [0.4, 0.5) is 5.69 Å². The van der Waals surface area contributed by atoms with Crippen molar-refractivity contribution in [3.63, 3.8) is 0 Å². The summed E-state index contributed by atoms with van der Waals surface area (Å²) in [6, 6.07) is 22.6. The monoisotopic (exact) mass is 351 g/mol. The topological polar surface area (TPSA) is 60.2 Å². The zero-order chi connectivity index (χ0) is 17.8. The van der Waals surface area contributed by atoms with Crippen molar-refractivity contribution in [1.29, 1.82) is 0 Å². The summed E-state index contributed by atoms with van der Waals surface area (Å²) in [5.41, 5.74) is 1.65. The number of nitrogens with zero attached hydrogens (tertiary/aromatic N) is 1. The fraction of sp³-hybridized carbons (Fsp3) is 0.0500. The molecule has 0 bridgehead atoms. The maximum absolute atomic E-state index is 13.1. The molecule has 1 atom stereocenters. The number of rotatable bonds is 5. The number of nitro groups is 1. The first-order chi connectivity index (χ1) is 12.1. The molecule has 0 saturated carbocycles. The number of nitro benzene ring substituents is 1. The van der Waals surface area contributed by atoms with Crippen molar-refractivity contribution in [2.24, 2.45) is 0 Å². The summed E-state index contributed by atoms with van der Waals surface area (Å²) in [6.45, 7) is 0. The van der Waals surface area contributed by atoms with Gasteiger partial charge in [-0.15, -0.1) is 0 Å². The highest BCUT2D eigenvalue weighted by molar-refractivity contribution is 6.32. The first-order valence-corrected chi connectivity index (χ1v) is 8.04. The van der Waals surface area contributed by atoms with Crippen LogP contribution in [-0.4, -0.2) is 10.7 Å². The van der Waals surface area contributed by atoms with Crippen LogP contribution in [0.25, 0.3) is 0 Å². The Balaban J connectivity index is 2.14. The molecule has 0 aliphatic rings. The first kappa shape index (κ1) is 16.9. The second-order valence-corrected chi connectivity index (χ2v) is 5.95. The summed E-state index contributed by atoms with van der Waals surface area (Å²) in [4.78, 5) is 23.8. The summed E-state index contributed by atoms with van der Waals surface area (Å²) in [7, 11) is 0. The highest BCUT2D eigenvalue weighted by Crippen LogP contribution is 2.33. The highest BCUT2D eigenvalue weighted by atomic mass is 35.5. The molecule has 3 rings (SSSR count). The summed E-state index contributed by atoms with van der Waals surface area (Å²) in [6.07, 6.45) is 0. The zero-order valence-corrected chi connectivity index (χ0v) is 13.9. The van der Waals surface area contributed by atoms with E-state index in [0.29, 0.717) is 11.1 Å². The molecule has 0 heterocycles. The van der Waals surface area contributed by atoms with E-state index in [-0.39, 0.29) is 16.5 Å². The van der Waals surface area contributed by atoms with Gasteiger partial charge in [0.25, 0.3) is 5.69 Å². The highest BCUT2D eigenvalue weighted by Gasteiger charge is 2.26. The molecule has 0 aliphatic carbocycles. The van der Waals surface area contributed by atoms with Gasteiger partial charge in [0.1, 0.15) is 5.02 Å². The number of Topliss-reactive ketones (excluding diaryl/α,β-unsaturated/α-hetero) is 1. The molecular weight excluding hydrogens is 338 g/mol. The number of hydrogen-bond donors (Lipinski definition) is 0. The lowest BCUT2D eigenvalue weighted by Gasteiger charge is -2.17. The van der Waals surface area contributed by atoms with Crippen molar-refractivity contribution in [3.05, 3.63) is 111 Å². The lowest BCUT2D eigenvalue weighted by Crippen LogP contribution is -2.14. The molecule has 0 spiro atoms. The average Bonchev–Trinajstić information content (AvgIpc) is 2.64. The van der Waals surface area contributed by atoms with E-state index < -0.39 is 10.8 Å². The van der Waals surface area contributed by atoms with Crippen LogP contribution in [0.5, 0.6) is 0 Å². The van der Waals surface area contributed by atoms with Crippen LogP contribution in [-0.2, 0) is 0 Å². The SMILES string of the molecule is O=C(c1ccccc1)C(c1ccccc1)c1ccc(Cl)c([N+](=O)[O-])c1. The Morgan fingerprint density at radius 2 is 1.48 bits per heavy atom. The lowest BCUT2D eigenvalue weighted by atomic mass is 9.84. The van der Waals surface area contributed by atoms with Gasteiger partial charge in [0.2, 0.25) is 0 Å². The van der Waals surface area contributed by atoms with Gasteiger partial charge in [0.15, 0.2) is 5.78 Å². The van der Waals surface area contributed by atoms with Gasteiger partial charge < -0.3 is 0 Å². The Labute approximate surface area is 149 Å². The van der Waals surface area contributed by atoms with Gasteiger partial charge in [-0.2, -0.15) is 0 Å². The minimum absolute atomic E-state index is 0.0488. The van der Waals surface area contributed by atoms with Crippen LogP contribution in [0.1, 0.15) is 27.4 Å². The van der Waals surface area contributed by atoms with E-state index in [4.69, 9.17) is 11.6 Å². The van der Waals surface area contributed by atoms with E-state index >= 15 is 0 Å². The number of carbonyl (C=O) groups excluding carboxylic acids is 1. The minimum atomic E-state index is -0.639. The van der Waals surface area contributed by atoms with Crippen molar-refractivity contribution in [2.75, 3.05) is 0 Å². The Hall–Kier alpha value is -2.98. The number of ketones is 1. The largest absolute Gasteiger partial charge is 0.293 e. The van der Waals surface area contributed by atoms with Crippen LogP contribution < -0.4 is 0 Å². The smallest absolute Gasteiger partial charge is 0.288 e. The Bertz CT molecular complexity index is 911. The molecule has 0 aromatic heterocycles. The minimum Gasteiger partial charge on any atom is -0.293 e. The van der Waals surface area contributed by atoms with Crippen LogP contribution >= 0.6 is 11.6 Å². The molecular formula is C20H14ClNO3. The predicted molar refractivity (Wildman–Crippen MR) is 97.2 cm³/mol. The molecule has 4 nitrogen and oxygen atoms in total. The second kappa shape index (κ2) is 7.28. The number of carbonyl (C=O) groups is 1. The second-order valence-electron chi connectivity index (χ2n) is 5.54. The van der Waals surface area contributed by atoms with Crippen LogP contribution in [0.2, 0.25) is 5.02 Å². The maximum Gasteiger partial charge on any atom is 0.288 e. The Morgan fingerprint density at radius 1 is 0.880 bits per heavy atom. The first-order valence-electron chi connectivity index (χ1n) is 7.66. The molecule has 0 radical (unpaired) electrons. The third-order valence-corrected chi connectivity index (χ3v) is 4.27. The van der Waals surface area contributed by atoms with E-state index in [0.717, 1.165) is 5.56 Å². The normalized spacial score (nSPS) is 11.7. The number of benzene rings is 3. The molecule has 25 heavy (non-hydrogen) atoms. The van der Waals surface area contributed by atoms with E-state index in [9.17, 15) is 14.9 Å². The van der Waals surface area contributed by atoms with E-state index in [1.165, 1.54) is 12.1 Å². The van der Waals surface area contributed by atoms with Gasteiger partial charge in [0, 0.05) is 11.6 Å². The van der Waals surface area contributed by atoms with E-state index in [2.05, 4.69) is 0 Å². The summed E-state index contributed by atoms with van der Waals surface area (Å²) in [5.74, 6) is -0.761. The van der Waals surface area contributed by atoms with Gasteiger partial charge in [-0.25, -0.2) is 0 Å². The summed E-state index contributed by atoms with van der Waals surface area (Å²) < 4.78 is 0. The molecule has 124 valence electrons. The van der Waals surface area contributed by atoms with Gasteiger partial charge >= 0.3 is 0 Å². The third kappa shape index (κ3) is 3.59. The van der Waals surface area contributed by atoms with E-state index in [1.807, 2.05) is 36.4 Å². The van der Waals surface area contributed by atoms with Crippen molar-refractivity contribution in [1.82, 2.24) is 0 Å². The van der Waals surface area contributed by atoms with Crippen LogP contribution in [0.3, 0.4) is 0 Å².